The van der Waals surface area contributed by atoms with Gasteiger partial charge in [0.15, 0.2) is 5.82 Å². The molecule has 0 saturated carbocycles. The van der Waals surface area contributed by atoms with Crippen molar-refractivity contribution in [2.24, 2.45) is 7.05 Å². The fraction of sp³-hybridized carbons (Fsp3) is 0.200. The van der Waals surface area contributed by atoms with Gasteiger partial charge in [-0.05, 0) is 12.5 Å². The van der Waals surface area contributed by atoms with E-state index in [-0.39, 0.29) is 11.6 Å². The number of anilines is 1. The second kappa shape index (κ2) is 3.85. The third-order valence-corrected chi connectivity index (χ3v) is 2.47. The van der Waals surface area contributed by atoms with Crippen LogP contribution < -0.4 is 5.73 Å². The van der Waals surface area contributed by atoms with Crippen molar-refractivity contribution in [1.29, 1.82) is 0 Å². The number of aryl methyl sites for hydroxylation is 2. The van der Waals surface area contributed by atoms with Gasteiger partial charge in [0, 0.05) is 24.7 Å². The van der Waals surface area contributed by atoms with Crippen LogP contribution >= 0.6 is 0 Å². The molecule has 0 radical (unpaired) electrons. The molecule has 0 saturated heterocycles. The van der Waals surface area contributed by atoms with Crippen LogP contribution in [0.4, 0.5) is 11.6 Å². The van der Waals surface area contributed by atoms with Gasteiger partial charge in [0.2, 0.25) is 5.95 Å². The first-order valence-corrected chi connectivity index (χ1v) is 4.91. The maximum atomic E-state index is 10.7. The predicted molar refractivity (Wildman–Crippen MR) is 62.2 cm³/mol. The lowest BCUT2D eigenvalue weighted by Gasteiger charge is -2.00. The first kappa shape index (κ1) is 11.1. The summed E-state index contributed by atoms with van der Waals surface area (Å²) in [6.07, 6.45) is 0. The Balaban J connectivity index is 2.57. The van der Waals surface area contributed by atoms with E-state index in [0.717, 1.165) is 5.56 Å². The maximum absolute atomic E-state index is 10.7. The van der Waals surface area contributed by atoms with Crippen molar-refractivity contribution in [2.45, 2.75) is 6.92 Å². The molecule has 0 unspecified atom stereocenters. The molecule has 0 atom stereocenters. The molecular weight excluding hydrogens is 222 g/mol. The van der Waals surface area contributed by atoms with Gasteiger partial charge in [0.1, 0.15) is 0 Å². The van der Waals surface area contributed by atoms with Crippen molar-refractivity contribution in [2.75, 3.05) is 5.73 Å². The summed E-state index contributed by atoms with van der Waals surface area (Å²) < 4.78 is 1.42. The molecule has 0 bridgehead atoms. The second-order valence-corrected chi connectivity index (χ2v) is 3.67. The van der Waals surface area contributed by atoms with Crippen LogP contribution in [0.5, 0.6) is 0 Å². The second-order valence-electron chi connectivity index (χ2n) is 3.67. The van der Waals surface area contributed by atoms with Gasteiger partial charge in [-0.1, -0.05) is 6.07 Å². The lowest BCUT2D eigenvalue weighted by Crippen LogP contribution is -1.97. The molecule has 0 aliphatic carbocycles. The van der Waals surface area contributed by atoms with Crippen LogP contribution in [0.15, 0.2) is 18.2 Å². The van der Waals surface area contributed by atoms with Gasteiger partial charge < -0.3 is 5.73 Å². The average molecular weight is 233 g/mol. The summed E-state index contributed by atoms with van der Waals surface area (Å²) in [5.41, 5.74) is 7.07. The van der Waals surface area contributed by atoms with E-state index in [1.807, 2.05) is 6.92 Å². The summed E-state index contributed by atoms with van der Waals surface area (Å²) in [6, 6.07) is 4.56. The number of rotatable bonds is 2. The number of non-ortho nitro benzene ring substituents is 1. The third kappa shape index (κ3) is 1.94. The summed E-state index contributed by atoms with van der Waals surface area (Å²) in [5, 5.41) is 14.8. The smallest absolute Gasteiger partial charge is 0.270 e. The molecule has 0 amide bonds. The highest BCUT2D eigenvalue weighted by Gasteiger charge is 2.14. The molecule has 0 fully saturated rings. The van der Waals surface area contributed by atoms with E-state index in [1.165, 1.54) is 16.8 Å². The molecule has 7 nitrogen and oxygen atoms in total. The Morgan fingerprint density at radius 1 is 1.47 bits per heavy atom. The first-order chi connectivity index (χ1) is 7.99. The number of nitro groups is 1. The number of hydrogen-bond acceptors (Lipinski definition) is 5. The first-order valence-electron chi connectivity index (χ1n) is 4.91. The van der Waals surface area contributed by atoms with Crippen LogP contribution in [0.25, 0.3) is 11.4 Å². The van der Waals surface area contributed by atoms with Crippen molar-refractivity contribution < 1.29 is 4.92 Å². The highest BCUT2D eigenvalue weighted by molar-refractivity contribution is 5.64. The number of nitrogens with two attached hydrogens (primary N) is 1. The Morgan fingerprint density at radius 2 is 2.18 bits per heavy atom. The minimum absolute atomic E-state index is 0.0108. The Labute approximate surface area is 97.0 Å². The highest BCUT2D eigenvalue weighted by Crippen LogP contribution is 2.25. The van der Waals surface area contributed by atoms with E-state index in [9.17, 15) is 10.1 Å². The zero-order valence-corrected chi connectivity index (χ0v) is 9.41. The molecule has 1 heterocycles. The fourth-order valence-electron chi connectivity index (χ4n) is 1.48. The lowest BCUT2D eigenvalue weighted by atomic mass is 10.1. The van der Waals surface area contributed by atoms with Crippen LogP contribution in [-0.2, 0) is 7.05 Å². The molecule has 2 rings (SSSR count). The maximum Gasteiger partial charge on any atom is 0.270 e. The van der Waals surface area contributed by atoms with Crippen LogP contribution in [0.3, 0.4) is 0 Å². The largest absolute Gasteiger partial charge is 0.368 e. The molecule has 0 aliphatic rings. The highest BCUT2D eigenvalue weighted by atomic mass is 16.6. The fourth-order valence-corrected chi connectivity index (χ4v) is 1.48. The number of benzene rings is 1. The Kier molecular flexibility index (Phi) is 2.51. The zero-order chi connectivity index (χ0) is 12.6. The van der Waals surface area contributed by atoms with Crippen LogP contribution in [0, 0.1) is 17.0 Å². The van der Waals surface area contributed by atoms with Crippen molar-refractivity contribution in [3.63, 3.8) is 0 Å². The molecule has 0 spiro atoms. The van der Waals surface area contributed by atoms with Crippen molar-refractivity contribution in [3.05, 3.63) is 33.9 Å². The summed E-state index contributed by atoms with van der Waals surface area (Å²) >= 11 is 0. The quantitative estimate of drug-likeness (QED) is 0.622. The number of nitrogens with zero attached hydrogens (tertiary/aromatic N) is 4. The summed E-state index contributed by atoms with van der Waals surface area (Å²) in [4.78, 5) is 14.3. The van der Waals surface area contributed by atoms with Gasteiger partial charge in [0.25, 0.3) is 5.69 Å². The number of nitrogen functional groups attached to an aromatic ring is 1. The van der Waals surface area contributed by atoms with Gasteiger partial charge in [0.05, 0.1) is 4.92 Å². The zero-order valence-electron chi connectivity index (χ0n) is 9.41. The molecule has 17 heavy (non-hydrogen) atoms. The monoisotopic (exact) mass is 233 g/mol. The lowest BCUT2D eigenvalue weighted by molar-refractivity contribution is -0.384. The van der Waals surface area contributed by atoms with E-state index in [4.69, 9.17) is 5.73 Å². The van der Waals surface area contributed by atoms with Crippen molar-refractivity contribution in [3.8, 4) is 11.4 Å². The standard InChI is InChI=1S/C10H11N5O2/c1-6-3-4-7(15(16)17)5-8(6)9-12-10(11)14(2)13-9/h3-5H,1-2H3,(H2,11,12,13). The minimum atomic E-state index is -0.449. The molecule has 7 heteroatoms. The third-order valence-electron chi connectivity index (χ3n) is 2.47. The van der Waals surface area contributed by atoms with E-state index < -0.39 is 4.92 Å². The average Bonchev–Trinajstić information content (AvgIpc) is 2.59. The van der Waals surface area contributed by atoms with Gasteiger partial charge >= 0.3 is 0 Å². The van der Waals surface area contributed by atoms with Crippen molar-refractivity contribution >= 4 is 11.6 Å². The molecule has 88 valence electrons. The SMILES string of the molecule is Cc1ccc([N+](=O)[O-])cc1-c1nc(N)n(C)n1. The molecule has 2 N–H and O–H groups in total. The summed E-state index contributed by atoms with van der Waals surface area (Å²) in [6.45, 7) is 1.84. The summed E-state index contributed by atoms with van der Waals surface area (Å²) in [5.74, 6) is 0.664. The predicted octanol–water partition coefficient (Wildman–Crippen LogP) is 1.28. The number of aromatic nitrogens is 3. The van der Waals surface area contributed by atoms with Crippen molar-refractivity contribution in [1.82, 2.24) is 14.8 Å². The van der Waals surface area contributed by atoms with Gasteiger partial charge in [-0.3, -0.25) is 10.1 Å². The Morgan fingerprint density at radius 3 is 2.71 bits per heavy atom. The molecule has 0 aliphatic heterocycles. The van der Waals surface area contributed by atoms with E-state index in [2.05, 4.69) is 10.1 Å². The van der Waals surface area contributed by atoms with Gasteiger partial charge in [-0.25, -0.2) is 4.68 Å². The topological polar surface area (TPSA) is 99.9 Å². The van der Waals surface area contributed by atoms with E-state index >= 15 is 0 Å². The van der Waals surface area contributed by atoms with Crippen LogP contribution in [0.1, 0.15) is 5.56 Å². The molecule has 2 aromatic rings. The summed E-state index contributed by atoms with van der Waals surface area (Å²) in [7, 11) is 1.67. The Bertz CT molecular complexity index is 571. The van der Waals surface area contributed by atoms with Gasteiger partial charge in [-0.15, -0.1) is 5.10 Å². The minimum Gasteiger partial charge on any atom is -0.368 e. The normalized spacial score (nSPS) is 10.5. The number of nitro benzene ring substituents is 1. The number of hydrogen-bond donors (Lipinski definition) is 1. The molecule has 1 aromatic heterocycles. The van der Waals surface area contributed by atoms with Crippen LogP contribution in [0.2, 0.25) is 0 Å². The van der Waals surface area contributed by atoms with Crippen LogP contribution in [-0.4, -0.2) is 19.7 Å². The van der Waals surface area contributed by atoms with E-state index in [1.54, 1.807) is 13.1 Å². The van der Waals surface area contributed by atoms with Gasteiger partial charge in [-0.2, -0.15) is 4.98 Å². The Hall–Kier alpha value is -2.44. The molecule has 1 aromatic carbocycles. The molecular formula is C10H11N5O2. The van der Waals surface area contributed by atoms with E-state index in [0.29, 0.717) is 11.4 Å².